The number of fused-ring (bicyclic) bond motifs is 5. The van der Waals surface area contributed by atoms with Crippen LogP contribution in [-0.4, -0.2) is 14.5 Å². The van der Waals surface area contributed by atoms with Crippen LogP contribution in [0.2, 0.25) is 0 Å². The van der Waals surface area contributed by atoms with E-state index in [2.05, 4.69) is 169 Å². The fraction of sp³-hybridized carbons (Fsp3) is 0. The monoisotopic (exact) mass is 601 g/mol. The molecule has 0 saturated carbocycles. The third kappa shape index (κ3) is 4.43. The topological polar surface area (TPSA) is 3.24 Å². The molecule has 0 N–H and O–H groups in total. The van der Waals surface area contributed by atoms with Crippen LogP contribution in [0, 0.1) is 0 Å². The van der Waals surface area contributed by atoms with Crippen molar-refractivity contribution < 1.29 is 0 Å². The predicted octanol–water partition coefficient (Wildman–Crippen LogP) is 11.0. The van der Waals surface area contributed by atoms with E-state index in [0.717, 1.165) is 11.4 Å². The van der Waals surface area contributed by atoms with Gasteiger partial charge in [-0.25, -0.2) is 0 Å². The van der Waals surface area contributed by atoms with Crippen LogP contribution in [0.1, 0.15) is 0 Å². The fourth-order valence-electron chi connectivity index (χ4n) is 5.99. The second-order valence-electron chi connectivity index (χ2n) is 10.6. The summed E-state index contributed by atoms with van der Waals surface area (Å²) in [5.41, 5.74) is 8.34. The Hall–Kier alpha value is -4.88. The molecule has 42 heavy (non-hydrogen) atoms. The molecular formula is C40H27NSe. The summed E-state index contributed by atoms with van der Waals surface area (Å²) in [5, 5.41) is 5.47. The molecule has 0 aliphatic heterocycles. The minimum atomic E-state index is 0.241. The van der Waals surface area contributed by atoms with Gasteiger partial charge in [-0.15, -0.1) is 0 Å². The van der Waals surface area contributed by atoms with Crippen LogP contribution >= 0.6 is 0 Å². The molecule has 0 amide bonds. The molecule has 0 fully saturated rings. The summed E-state index contributed by atoms with van der Waals surface area (Å²) in [5.74, 6) is 0. The zero-order valence-corrected chi connectivity index (χ0v) is 24.7. The van der Waals surface area contributed by atoms with Gasteiger partial charge in [0.05, 0.1) is 0 Å². The third-order valence-electron chi connectivity index (χ3n) is 8.03. The van der Waals surface area contributed by atoms with E-state index in [1.54, 1.807) is 0 Å². The summed E-state index contributed by atoms with van der Waals surface area (Å²) in [6.45, 7) is 0. The number of benzene rings is 7. The number of anilines is 3. The molecule has 1 nitrogen and oxygen atoms in total. The van der Waals surface area contributed by atoms with E-state index in [-0.39, 0.29) is 14.5 Å². The van der Waals surface area contributed by atoms with Gasteiger partial charge in [0, 0.05) is 0 Å². The van der Waals surface area contributed by atoms with Crippen LogP contribution in [0.15, 0.2) is 164 Å². The Morgan fingerprint density at radius 3 is 1.57 bits per heavy atom. The SMILES string of the molecule is c1ccc(-c2cccc(N(c3cccc(-c4ccccc4)c3)c3ccc4c(c3)[se]c3c5ccccc5ccc43)c2)cc1. The molecule has 2 heteroatoms. The Morgan fingerprint density at radius 1 is 0.357 bits per heavy atom. The molecule has 0 radical (unpaired) electrons. The van der Waals surface area contributed by atoms with E-state index in [1.165, 1.54) is 58.0 Å². The van der Waals surface area contributed by atoms with Crippen LogP contribution < -0.4 is 4.90 Å². The van der Waals surface area contributed by atoms with Crippen molar-refractivity contribution in [3.63, 3.8) is 0 Å². The van der Waals surface area contributed by atoms with Crippen molar-refractivity contribution in [2.45, 2.75) is 0 Å². The Morgan fingerprint density at radius 2 is 0.905 bits per heavy atom. The fourth-order valence-corrected chi connectivity index (χ4v) is 8.66. The van der Waals surface area contributed by atoms with Gasteiger partial charge < -0.3 is 0 Å². The predicted molar refractivity (Wildman–Crippen MR) is 181 cm³/mol. The zero-order chi connectivity index (χ0) is 27.9. The molecule has 0 aliphatic rings. The molecule has 0 aliphatic carbocycles. The normalized spacial score (nSPS) is 11.3. The third-order valence-corrected chi connectivity index (χ3v) is 10.5. The van der Waals surface area contributed by atoms with Gasteiger partial charge in [0.2, 0.25) is 0 Å². The summed E-state index contributed by atoms with van der Waals surface area (Å²) in [6.07, 6.45) is 0. The van der Waals surface area contributed by atoms with Crippen molar-refractivity contribution in [2.24, 2.45) is 0 Å². The molecule has 1 heterocycles. The van der Waals surface area contributed by atoms with E-state index in [9.17, 15) is 0 Å². The molecule has 198 valence electrons. The van der Waals surface area contributed by atoms with Crippen molar-refractivity contribution in [3.05, 3.63) is 164 Å². The second kappa shape index (κ2) is 10.5. The molecule has 0 unspecified atom stereocenters. The number of rotatable bonds is 5. The van der Waals surface area contributed by atoms with Crippen molar-refractivity contribution in [1.82, 2.24) is 0 Å². The van der Waals surface area contributed by atoms with Crippen LogP contribution in [0.25, 0.3) is 52.3 Å². The maximum absolute atomic E-state index is 2.43. The number of hydrogen-bond acceptors (Lipinski definition) is 1. The van der Waals surface area contributed by atoms with Crippen molar-refractivity contribution in [1.29, 1.82) is 0 Å². The molecule has 0 bridgehead atoms. The molecule has 8 aromatic rings. The van der Waals surface area contributed by atoms with Gasteiger partial charge in [0.15, 0.2) is 0 Å². The van der Waals surface area contributed by atoms with Crippen LogP contribution in [0.3, 0.4) is 0 Å². The Balaban J connectivity index is 1.33. The first-order chi connectivity index (χ1) is 20.8. The summed E-state index contributed by atoms with van der Waals surface area (Å²) in [4.78, 5) is 2.41. The quantitative estimate of drug-likeness (QED) is 0.178. The van der Waals surface area contributed by atoms with Gasteiger partial charge in [0.25, 0.3) is 0 Å². The molecule has 1 aromatic heterocycles. The first-order valence-corrected chi connectivity index (χ1v) is 16.0. The summed E-state index contributed by atoms with van der Waals surface area (Å²) < 4.78 is 2.94. The maximum atomic E-state index is 2.43. The Kier molecular flexibility index (Phi) is 6.22. The van der Waals surface area contributed by atoms with E-state index in [1.807, 2.05) is 0 Å². The first-order valence-electron chi connectivity index (χ1n) is 14.3. The summed E-state index contributed by atoms with van der Waals surface area (Å²) in [7, 11) is 0. The molecule has 8 rings (SSSR count). The van der Waals surface area contributed by atoms with E-state index in [0.29, 0.717) is 0 Å². The average molecular weight is 601 g/mol. The number of hydrogen-bond donors (Lipinski definition) is 0. The van der Waals surface area contributed by atoms with Gasteiger partial charge in [-0.05, 0) is 0 Å². The van der Waals surface area contributed by atoms with Gasteiger partial charge >= 0.3 is 253 Å². The molecule has 0 saturated heterocycles. The Bertz CT molecular complexity index is 2110. The van der Waals surface area contributed by atoms with Gasteiger partial charge in [0.1, 0.15) is 0 Å². The Labute approximate surface area is 251 Å². The number of nitrogens with zero attached hydrogens (tertiary/aromatic N) is 1. The minimum absolute atomic E-state index is 0.241. The van der Waals surface area contributed by atoms with Gasteiger partial charge in [-0.2, -0.15) is 0 Å². The molecule has 7 aromatic carbocycles. The van der Waals surface area contributed by atoms with Crippen molar-refractivity contribution >= 4 is 61.6 Å². The zero-order valence-electron chi connectivity index (χ0n) is 22.9. The van der Waals surface area contributed by atoms with Gasteiger partial charge in [-0.3, -0.25) is 0 Å². The van der Waals surface area contributed by atoms with Crippen molar-refractivity contribution in [2.75, 3.05) is 4.90 Å². The van der Waals surface area contributed by atoms with E-state index in [4.69, 9.17) is 0 Å². The van der Waals surface area contributed by atoms with Crippen molar-refractivity contribution in [3.8, 4) is 22.3 Å². The second-order valence-corrected chi connectivity index (χ2v) is 12.8. The first kappa shape index (κ1) is 24.9. The van der Waals surface area contributed by atoms with Gasteiger partial charge in [-0.1, -0.05) is 0 Å². The van der Waals surface area contributed by atoms with E-state index >= 15 is 0 Å². The standard InChI is InChI=1S/C40H27NSe/c1-3-11-28(12-4-1)31-16-9-18-33(25-31)41(34-19-10-17-32(26-34)29-13-5-2-6-14-29)35-22-24-37-38-23-21-30-15-7-8-20-36(30)40(38)42-39(37)27-35/h1-27H. The molecule has 0 spiro atoms. The average Bonchev–Trinajstić information content (AvgIpc) is 3.45. The van der Waals surface area contributed by atoms with Crippen LogP contribution in [-0.2, 0) is 0 Å². The summed E-state index contributed by atoms with van der Waals surface area (Å²) in [6, 6.07) is 59.5. The van der Waals surface area contributed by atoms with Crippen LogP contribution in [0.4, 0.5) is 17.1 Å². The van der Waals surface area contributed by atoms with Crippen LogP contribution in [0.5, 0.6) is 0 Å². The summed E-state index contributed by atoms with van der Waals surface area (Å²) >= 11 is 0.241. The molecule has 0 atom stereocenters. The molecular weight excluding hydrogens is 573 g/mol. The van der Waals surface area contributed by atoms with E-state index < -0.39 is 0 Å².